The topological polar surface area (TPSA) is 99.0 Å². The molecule has 1 aromatic carbocycles. The molecule has 9 heteroatoms. The van der Waals surface area contributed by atoms with Crippen LogP contribution < -0.4 is 10.9 Å². The fourth-order valence-corrected chi connectivity index (χ4v) is 3.40. The summed E-state index contributed by atoms with van der Waals surface area (Å²) < 4.78 is 12.5. The molecule has 8 nitrogen and oxygen atoms in total. The van der Waals surface area contributed by atoms with Crippen LogP contribution in [0.1, 0.15) is 11.3 Å². The fourth-order valence-electron chi connectivity index (χ4n) is 3.22. The zero-order valence-corrected chi connectivity index (χ0v) is 15.8. The second-order valence-corrected chi connectivity index (χ2v) is 6.87. The summed E-state index contributed by atoms with van der Waals surface area (Å²) in [6.07, 6.45) is 4.76. The minimum absolute atomic E-state index is 0.383. The molecule has 0 saturated carbocycles. The molecule has 0 aliphatic rings. The highest BCUT2D eigenvalue weighted by atomic mass is 35.5. The lowest BCUT2D eigenvalue weighted by atomic mass is 10.1. The third-order valence-corrected chi connectivity index (χ3v) is 4.78. The molecule has 1 N–H and O–H groups in total. The van der Waals surface area contributed by atoms with Gasteiger partial charge in [0.15, 0.2) is 11.5 Å². The van der Waals surface area contributed by atoms with Gasteiger partial charge in [0.05, 0.1) is 25.7 Å². The third kappa shape index (κ3) is 3.34. The van der Waals surface area contributed by atoms with Crippen molar-refractivity contribution in [2.75, 3.05) is 5.32 Å². The van der Waals surface area contributed by atoms with Gasteiger partial charge in [0.2, 0.25) is 0 Å². The molecule has 4 aromatic heterocycles. The quantitative estimate of drug-likeness (QED) is 0.442. The van der Waals surface area contributed by atoms with Crippen molar-refractivity contribution in [3.05, 3.63) is 82.1 Å². The van der Waals surface area contributed by atoms with Gasteiger partial charge in [-0.2, -0.15) is 0 Å². The van der Waals surface area contributed by atoms with E-state index in [1.54, 1.807) is 30.8 Å². The van der Waals surface area contributed by atoms with Gasteiger partial charge in [-0.25, -0.2) is 19.7 Å². The van der Waals surface area contributed by atoms with Gasteiger partial charge in [0.1, 0.15) is 23.2 Å². The predicted octanol–water partition coefficient (Wildman–Crippen LogP) is 3.84. The maximum absolute atomic E-state index is 12.0. The Hall–Kier alpha value is -3.65. The van der Waals surface area contributed by atoms with E-state index in [1.807, 2.05) is 16.7 Å². The van der Waals surface area contributed by atoms with Crippen LogP contribution in [0, 0.1) is 0 Å². The first-order chi connectivity index (χ1) is 14.2. The van der Waals surface area contributed by atoms with E-state index in [-0.39, 0.29) is 0 Å². The Morgan fingerprint density at radius 3 is 2.93 bits per heavy atom. The van der Waals surface area contributed by atoms with Crippen LogP contribution in [-0.4, -0.2) is 19.5 Å². The summed E-state index contributed by atoms with van der Waals surface area (Å²) in [5.41, 5.74) is 2.10. The van der Waals surface area contributed by atoms with Gasteiger partial charge >= 0.3 is 5.63 Å². The smallest absolute Gasteiger partial charge is 0.336 e. The van der Waals surface area contributed by atoms with Crippen molar-refractivity contribution in [2.45, 2.75) is 13.1 Å². The van der Waals surface area contributed by atoms with Gasteiger partial charge in [-0.15, -0.1) is 0 Å². The number of anilines is 1. The van der Waals surface area contributed by atoms with E-state index < -0.39 is 5.63 Å². The van der Waals surface area contributed by atoms with Crippen LogP contribution in [0.5, 0.6) is 0 Å². The Morgan fingerprint density at radius 2 is 2.07 bits per heavy atom. The molecule has 0 radical (unpaired) electrons. The molecule has 0 aliphatic heterocycles. The SMILES string of the molecule is O=c1cc(Cn2cnc3c(NCc4ccco4)ncnc32)c2cc(Cl)ccc2o1. The van der Waals surface area contributed by atoms with E-state index in [1.165, 1.54) is 12.4 Å². The number of nitrogens with zero attached hydrogens (tertiary/aromatic N) is 4. The second kappa shape index (κ2) is 7.06. The summed E-state index contributed by atoms with van der Waals surface area (Å²) in [6, 6.07) is 10.3. The fraction of sp³-hybridized carbons (Fsp3) is 0.100. The van der Waals surface area contributed by atoms with Crippen LogP contribution in [0.25, 0.3) is 22.1 Å². The molecular weight excluding hydrogens is 394 g/mol. The van der Waals surface area contributed by atoms with Crippen molar-refractivity contribution in [1.82, 2.24) is 19.5 Å². The third-order valence-electron chi connectivity index (χ3n) is 4.54. The van der Waals surface area contributed by atoms with Crippen molar-refractivity contribution in [2.24, 2.45) is 0 Å². The maximum Gasteiger partial charge on any atom is 0.336 e. The minimum Gasteiger partial charge on any atom is -0.467 e. The lowest BCUT2D eigenvalue weighted by Gasteiger charge is -2.08. The van der Waals surface area contributed by atoms with E-state index in [9.17, 15) is 4.79 Å². The number of nitrogens with one attached hydrogen (secondary N) is 1. The monoisotopic (exact) mass is 407 g/mol. The van der Waals surface area contributed by atoms with Crippen molar-refractivity contribution in [3.8, 4) is 0 Å². The largest absolute Gasteiger partial charge is 0.467 e. The van der Waals surface area contributed by atoms with Crippen molar-refractivity contribution >= 4 is 39.6 Å². The van der Waals surface area contributed by atoms with Gasteiger partial charge in [0.25, 0.3) is 0 Å². The average molecular weight is 408 g/mol. The van der Waals surface area contributed by atoms with Crippen LogP contribution in [0.4, 0.5) is 5.82 Å². The van der Waals surface area contributed by atoms with Crippen LogP contribution in [0.2, 0.25) is 5.02 Å². The van der Waals surface area contributed by atoms with E-state index in [0.717, 1.165) is 16.7 Å². The summed E-state index contributed by atoms with van der Waals surface area (Å²) in [5, 5.41) is 4.54. The standard InChI is InChI=1S/C20H14ClN5O3/c21-13-3-4-16-15(7-13)12(6-17(27)29-16)9-26-11-25-18-19(23-10-24-20(18)26)22-8-14-2-1-5-28-14/h1-7,10-11H,8-9H2,(H,22,23,24). The minimum atomic E-state index is -0.422. The number of rotatable bonds is 5. The van der Waals surface area contributed by atoms with Crippen LogP contribution in [0.3, 0.4) is 0 Å². The molecule has 0 atom stereocenters. The van der Waals surface area contributed by atoms with E-state index in [2.05, 4.69) is 20.3 Å². The number of furan rings is 1. The van der Waals surface area contributed by atoms with Gasteiger partial charge in [0, 0.05) is 16.5 Å². The zero-order chi connectivity index (χ0) is 19.8. The summed E-state index contributed by atoms with van der Waals surface area (Å²) in [4.78, 5) is 25.1. The molecule has 0 amide bonds. The number of aromatic nitrogens is 4. The van der Waals surface area contributed by atoms with Gasteiger partial charge < -0.3 is 18.7 Å². The van der Waals surface area contributed by atoms with E-state index in [4.69, 9.17) is 20.4 Å². The van der Waals surface area contributed by atoms with Gasteiger partial charge in [-0.05, 0) is 35.9 Å². The van der Waals surface area contributed by atoms with Crippen LogP contribution in [-0.2, 0) is 13.1 Å². The molecule has 144 valence electrons. The lowest BCUT2D eigenvalue weighted by Crippen LogP contribution is -2.06. The first-order valence-electron chi connectivity index (χ1n) is 8.82. The van der Waals surface area contributed by atoms with Crippen LogP contribution in [0.15, 0.2) is 68.9 Å². The molecule has 0 saturated heterocycles. The molecule has 0 aliphatic carbocycles. The Morgan fingerprint density at radius 1 is 1.14 bits per heavy atom. The Balaban J connectivity index is 1.52. The van der Waals surface area contributed by atoms with Crippen molar-refractivity contribution in [3.63, 3.8) is 0 Å². The highest BCUT2D eigenvalue weighted by molar-refractivity contribution is 6.31. The molecule has 5 rings (SSSR count). The van der Waals surface area contributed by atoms with Gasteiger partial charge in [-0.3, -0.25) is 0 Å². The normalized spacial score (nSPS) is 11.3. The molecule has 0 bridgehead atoms. The molecular formula is C20H14ClN5O3. The number of imidazole rings is 1. The Labute approximate surface area is 168 Å². The Bertz CT molecular complexity index is 1370. The first kappa shape index (κ1) is 17.4. The second-order valence-electron chi connectivity index (χ2n) is 6.43. The van der Waals surface area contributed by atoms with E-state index >= 15 is 0 Å². The number of benzene rings is 1. The summed E-state index contributed by atoms with van der Waals surface area (Å²) >= 11 is 6.13. The van der Waals surface area contributed by atoms with E-state index in [0.29, 0.717) is 40.7 Å². The molecule has 0 spiro atoms. The number of hydrogen-bond acceptors (Lipinski definition) is 7. The number of halogens is 1. The van der Waals surface area contributed by atoms with Crippen molar-refractivity contribution in [1.29, 1.82) is 0 Å². The highest BCUT2D eigenvalue weighted by Crippen LogP contribution is 2.24. The zero-order valence-electron chi connectivity index (χ0n) is 15.0. The average Bonchev–Trinajstić information content (AvgIpc) is 3.37. The summed E-state index contributed by atoms with van der Waals surface area (Å²) in [6.45, 7) is 0.864. The van der Waals surface area contributed by atoms with Crippen LogP contribution >= 0.6 is 11.6 Å². The maximum atomic E-state index is 12.0. The Kier molecular flexibility index (Phi) is 4.25. The molecule has 4 heterocycles. The first-order valence-corrected chi connectivity index (χ1v) is 9.19. The molecule has 5 aromatic rings. The van der Waals surface area contributed by atoms with Crippen molar-refractivity contribution < 1.29 is 8.83 Å². The summed E-state index contributed by atoms with van der Waals surface area (Å²) in [5.74, 6) is 1.39. The predicted molar refractivity (Wildman–Crippen MR) is 108 cm³/mol. The lowest BCUT2D eigenvalue weighted by molar-refractivity contribution is 0.518. The number of fused-ring (bicyclic) bond motifs is 2. The highest BCUT2D eigenvalue weighted by Gasteiger charge is 2.13. The number of hydrogen-bond donors (Lipinski definition) is 1. The molecule has 0 unspecified atom stereocenters. The molecule has 0 fully saturated rings. The van der Waals surface area contributed by atoms with Gasteiger partial charge in [-0.1, -0.05) is 11.6 Å². The molecule has 29 heavy (non-hydrogen) atoms. The summed E-state index contributed by atoms with van der Waals surface area (Å²) in [7, 11) is 0.